The maximum atomic E-state index is 8.73. The third kappa shape index (κ3) is 1.95. The molecule has 0 aromatic heterocycles. The van der Waals surface area contributed by atoms with Gasteiger partial charge in [-0.25, -0.2) is 0 Å². The molecule has 80 valence electrons. The van der Waals surface area contributed by atoms with Gasteiger partial charge in [0.1, 0.15) is 5.75 Å². The lowest BCUT2D eigenvalue weighted by Gasteiger charge is -2.08. The van der Waals surface area contributed by atoms with Crippen LogP contribution in [0.1, 0.15) is 5.56 Å². The van der Waals surface area contributed by atoms with Gasteiger partial charge in [-0.2, -0.15) is 5.26 Å². The van der Waals surface area contributed by atoms with E-state index in [4.69, 9.17) is 21.6 Å². The smallest absolute Gasteiger partial charge is 0.123 e. The molecule has 0 saturated carbocycles. The standard InChI is InChI=1S/C13H10ClNO/c1-16-13-8-9-2-3-12(14)7-11(9)6-10(13)4-5-15/h2-3,6-8H,4H2,1H3. The average molecular weight is 232 g/mol. The van der Waals surface area contributed by atoms with Gasteiger partial charge in [0.25, 0.3) is 0 Å². The molecule has 0 bridgehead atoms. The van der Waals surface area contributed by atoms with E-state index in [0.29, 0.717) is 11.4 Å². The molecule has 0 radical (unpaired) electrons. The third-order valence-corrected chi connectivity index (χ3v) is 2.71. The number of nitrogens with zero attached hydrogens (tertiary/aromatic N) is 1. The van der Waals surface area contributed by atoms with Crippen LogP contribution in [0.3, 0.4) is 0 Å². The van der Waals surface area contributed by atoms with Gasteiger partial charge in [-0.3, -0.25) is 0 Å². The highest BCUT2D eigenvalue weighted by Gasteiger charge is 2.05. The minimum Gasteiger partial charge on any atom is -0.496 e. The molecule has 2 nitrogen and oxygen atoms in total. The highest BCUT2D eigenvalue weighted by atomic mass is 35.5. The molecule has 0 unspecified atom stereocenters. The van der Waals surface area contributed by atoms with Gasteiger partial charge in [-0.1, -0.05) is 17.7 Å². The Labute approximate surface area is 99.0 Å². The molecule has 0 aliphatic carbocycles. The van der Waals surface area contributed by atoms with E-state index in [1.165, 1.54) is 0 Å². The molecule has 0 aliphatic heterocycles. The largest absolute Gasteiger partial charge is 0.496 e. The summed E-state index contributed by atoms with van der Waals surface area (Å²) in [7, 11) is 1.61. The van der Waals surface area contributed by atoms with Crippen LogP contribution in [0.4, 0.5) is 0 Å². The maximum Gasteiger partial charge on any atom is 0.123 e. The summed E-state index contributed by atoms with van der Waals surface area (Å²) in [6.45, 7) is 0. The maximum absolute atomic E-state index is 8.73. The number of fused-ring (bicyclic) bond motifs is 1. The first kappa shape index (κ1) is 10.8. The molecule has 0 heterocycles. The fraction of sp³-hybridized carbons (Fsp3) is 0.154. The van der Waals surface area contributed by atoms with Gasteiger partial charge in [0.15, 0.2) is 0 Å². The van der Waals surface area contributed by atoms with Crippen molar-refractivity contribution in [1.82, 2.24) is 0 Å². The highest BCUT2D eigenvalue weighted by Crippen LogP contribution is 2.28. The number of methoxy groups -OCH3 is 1. The van der Waals surface area contributed by atoms with Crippen molar-refractivity contribution in [2.45, 2.75) is 6.42 Å². The second-order valence-electron chi connectivity index (χ2n) is 3.49. The Morgan fingerprint density at radius 1 is 1.25 bits per heavy atom. The lowest BCUT2D eigenvalue weighted by molar-refractivity contribution is 0.411. The van der Waals surface area contributed by atoms with Crippen LogP contribution < -0.4 is 4.74 Å². The lowest BCUT2D eigenvalue weighted by Crippen LogP contribution is -1.91. The first-order valence-corrected chi connectivity index (χ1v) is 5.25. The normalized spacial score (nSPS) is 10.1. The summed E-state index contributed by atoms with van der Waals surface area (Å²) in [5.41, 5.74) is 0.889. The Bertz CT molecular complexity index is 572. The van der Waals surface area contributed by atoms with E-state index < -0.39 is 0 Å². The third-order valence-electron chi connectivity index (χ3n) is 2.47. The quantitative estimate of drug-likeness (QED) is 0.792. The summed E-state index contributed by atoms with van der Waals surface area (Å²) >= 11 is 5.93. The van der Waals surface area contributed by atoms with Crippen LogP contribution >= 0.6 is 11.6 Å². The van der Waals surface area contributed by atoms with E-state index in [1.807, 2.05) is 30.3 Å². The van der Waals surface area contributed by atoms with Crippen LogP contribution in [-0.4, -0.2) is 7.11 Å². The molecular weight excluding hydrogens is 222 g/mol. The number of benzene rings is 2. The summed E-state index contributed by atoms with van der Waals surface area (Å²) in [6.07, 6.45) is 0.339. The molecule has 0 spiro atoms. The summed E-state index contributed by atoms with van der Waals surface area (Å²) in [5, 5.41) is 11.5. The number of hydrogen-bond donors (Lipinski definition) is 0. The van der Waals surface area contributed by atoms with Crippen LogP contribution in [0.2, 0.25) is 5.02 Å². The van der Waals surface area contributed by atoms with Crippen LogP contribution in [-0.2, 0) is 6.42 Å². The SMILES string of the molecule is COc1cc2ccc(Cl)cc2cc1CC#N. The minimum absolute atomic E-state index is 0.339. The predicted octanol–water partition coefficient (Wildman–Crippen LogP) is 3.57. The van der Waals surface area contributed by atoms with Gasteiger partial charge in [0.2, 0.25) is 0 Å². The van der Waals surface area contributed by atoms with Crippen molar-refractivity contribution in [3.05, 3.63) is 40.9 Å². The average Bonchev–Trinajstić information content (AvgIpc) is 2.28. The Balaban J connectivity index is 2.66. The first-order valence-electron chi connectivity index (χ1n) is 4.87. The fourth-order valence-corrected chi connectivity index (χ4v) is 1.89. The van der Waals surface area contributed by atoms with E-state index >= 15 is 0 Å². The molecule has 0 aliphatic rings. The zero-order valence-corrected chi connectivity index (χ0v) is 9.58. The molecule has 16 heavy (non-hydrogen) atoms. The number of hydrogen-bond acceptors (Lipinski definition) is 2. The first-order chi connectivity index (χ1) is 7.74. The summed E-state index contributed by atoms with van der Waals surface area (Å²) in [4.78, 5) is 0. The predicted molar refractivity (Wildman–Crippen MR) is 64.8 cm³/mol. The number of ether oxygens (including phenoxy) is 1. The Morgan fingerprint density at radius 3 is 2.75 bits per heavy atom. The van der Waals surface area contributed by atoms with Crippen LogP contribution in [0.15, 0.2) is 30.3 Å². The van der Waals surface area contributed by atoms with E-state index in [9.17, 15) is 0 Å². The molecule has 2 rings (SSSR count). The topological polar surface area (TPSA) is 33.0 Å². The van der Waals surface area contributed by atoms with Crippen molar-refractivity contribution >= 4 is 22.4 Å². The van der Waals surface area contributed by atoms with Crippen molar-refractivity contribution in [1.29, 1.82) is 5.26 Å². The zero-order valence-electron chi connectivity index (χ0n) is 8.83. The van der Waals surface area contributed by atoms with Crippen molar-refractivity contribution < 1.29 is 4.74 Å². The van der Waals surface area contributed by atoms with Crippen molar-refractivity contribution in [3.63, 3.8) is 0 Å². The molecular formula is C13H10ClNO. The Morgan fingerprint density at radius 2 is 2.06 bits per heavy atom. The van der Waals surface area contributed by atoms with Gasteiger partial charge >= 0.3 is 0 Å². The minimum atomic E-state index is 0.339. The molecule has 0 amide bonds. The van der Waals surface area contributed by atoms with E-state index in [-0.39, 0.29) is 0 Å². The fourth-order valence-electron chi connectivity index (χ4n) is 1.71. The number of rotatable bonds is 2. The monoisotopic (exact) mass is 231 g/mol. The van der Waals surface area contributed by atoms with Gasteiger partial charge in [-0.15, -0.1) is 0 Å². The Hall–Kier alpha value is -1.72. The molecule has 3 heteroatoms. The van der Waals surface area contributed by atoms with Crippen LogP contribution in [0, 0.1) is 11.3 Å². The highest BCUT2D eigenvalue weighted by molar-refractivity contribution is 6.31. The number of halogens is 1. The second-order valence-corrected chi connectivity index (χ2v) is 3.93. The molecule has 0 saturated heterocycles. The van der Waals surface area contributed by atoms with Crippen molar-refractivity contribution in [2.24, 2.45) is 0 Å². The molecule has 2 aromatic rings. The van der Waals surface area contributed by atoms with Crippen molar-refractivity contribution in [2.75, 3.05) is 7.11 Å². The molecule has 2 aromatic carbocycles. The van der Waals surface area contributed by atoms with Gasteiger partial charge in [-0.05, 0) is 35.0 Å². The molecule has 0 N–H and O–H groups in total. The lowest BCUT2D eigenvalue weighted by atomic mass is 10.0. The summed E-state index contributed by atoms with van der Waals surface area (Å²) in [6, 6.07) is 11.7. The number of nitriles is 1. The summed E-state index contributed by atoms with van der Waals surface area (Å²) in [5.74, 6) is 0.747. The van der Waals surface area contributed by atoms with Gasteiger partial charge in [0.05, 0.1) is 19.6 Å². The van der Waals surface area contributed by atoms with Crippen molar-refractivity contribution in [3.8, 4) is 11.8 Å². The van der Waals surface area contributed by atoms with E-state index in [2.05, 4.69) is 6.07 Å². The Kier molecular flexibility index (Phi) is 2.98. The van der Waals surface area contributed by atoms with E-state index in [0.717, 1.165) is 22.1 Å². The zero-order chi connectivity index (χ0) is 11.5. The van der Waals surface area contributed by atoms with E-state index in [1.54, 1.807) is 7.11 Å². The van der Waals surface area contributed by atoms with Gasteiger partial charge in [0, 0.05) is 10.6 Å². The van der Waals surface area contributed by atoms with Crippen LogP contribution in [0.25, 0.3) is 10.8 Å². The molecule has 0 fully saturated rings. The molecule has 0 atom stereocenters. The van der Waals surface area contributed by atoms with Gasteiger partial charge < -0.3 is 4.74 Å². The second kappa shape index (κ2) is 4.42. The van der Waals surface area contributed by atoms with Crippen LogP contribution in [0.5, 0.6) is 5.75 Å². The summed E-state index contributed by atoms with van der Waals surface area (Å²) < 4.78 is 5.25.